The molecule has 2 heterocycles. The maximum Gasteiger partial charge on any atom is 0.239 e. The third-order valence-electron chi connectivity index (χ3n) is 4.05. The van der Waals surface area contributed by atoms with Crippen LogP contribution in [0.5, 0.6) is 0 Å². The molecule has 0 bridgehead atoms. The summed E-state index contributed by atoms with van der Waals surface area (Å²) in [4.78, 5) is 29.0. The molecule has 1 unspecified atom stereocenters. The van der Waals surface area contributed by atoms with Gasteiger partial charge in [0.15, 0.2) is 0 Å². The highest BCUT2D eigenvalue weighted by Crippen LogP contribution is 2.29. The van der Waals surface area contributed by atoms with Crippen molar-refractivity contribution in [2.75, 3.05) is 0 Å². The van der Waals surface area contributed by atoms with Crippen LogP contribution in [0.4, 0.5) is 0 Å². The summed E-state index contributed by atoms with van der Waals surface area (Å²) in [6.07, 6.45) is 0.871. The molecule has 1 aromatic heterocycles. The van der Waals surface area contributed by atoms with E-state index in [1.807, 2.05) is 19.1 Å². The molecule has 7 heteroatoms. The molecule has 3 N–H and O–H groups in total. The maximum atomic E-state index is 12.2. The lowest BCUT2D eigenvalue weighted by molar-refractivity contribution is -0.129. The number of amides is 2. The molecule has 0 radical (unpaired) electrons. The minimum absolute atomic E-state index is 0.0831. The minimum atomic E-state index is -0.383. The van der Waals surface area contributed by atoms with Crippen molar-refractivity contribution in [3.05, 3.63) is 40.4 Å². The SMILES string of the molecule is Cc1ccccc1-c1nc(C)c(CNC(=O)C2CCC(=O)NN2)s1. The van der Waals surface area contributed by atoms with Gasteiger partial charge in [-0.3, -0.25) is 15.0 Å². The highest BCUT2D eigenvalue weighted by atomic mass is 32.1. The second-order valence-corrected chi connectivity index (χ2v) is 6.93. The second kappa shape index (κ2) is 7.11. The molecule has 2 aromatic rings. The van der Waals surface area contributed by atoms with Crippen LogP contribution in [0.1, 0.15) is 29.0 Å². The number of rotatable bonds is 4. The molecule has 1 aromatic carbocycles. The summed E-state index contributed by atoms with van der Waals surface area (Å²) >= 11 is 1.60. The molecule has 0 aliphatic carbocycles. The lowest BCUT2D eigenvalue weighted by Gasteiger charge is -2.22. The Bertz CT molecular complexity index is 762. The Kier molecular flexibility index (Phi) is 4.92. The number of aryl methyl sites for hydroxylation is 2. The van der Waals surface area contributed by atoms with Gasteiger partial charge in [-0.15, -0.1) is 11.3 Å². The van der Waals surface area contributed by atoms with Gasteiger partial charge in [-0.25, -0.2) is 10.4 Å². The number of nitrogens with zero attached hydrogens (tertiary/aromatic N) is 1. The number of hydrogen-bond acceptors (Lipinski definition) is 5. The summed E-state index contributed by atoms with van der Waals surface area (Å²) in [5.74, 6) is -0.194. The molecule has 24 heavy (non-hydrogen) atoms. The van der Waals surface area contributed by atoms with E-state index in [1.165, 1.54) is 5.56 Å². The van der Waals surface area contributed by atoms with Crippen molar-refractivity contribution in [1.82, 2.24) is 21.2 Å². The standard InChI is InChI=1S/C17H20N4O2S/c1-10-5-3-4-6-12(10)17-19-11(2)14(24-17)9-18-16(23)13-7-8-15(22)21-20-13/h3-6,13,20H,7-9H2,1-2H3,(H,18,23)(H,21,22). The number of carbonyl (C=O) groups is 2. The summed E-state index contributed by atoms with van der Waals surface area (Å²) in [5.41, 5.74) is 8.47. The zero-order valence-electron chi connectivity index (χ0n) is 13.7. The van der Waals surface area contributed by atoms with Crippen molar-refractivity contribution in [1.29, 1.82) is 0 Å². The van der Waals surface area contributed by atoms with Gasteiger partial charge in [-0.1, -0.05) is 24.3 Å². The van der Waals surface area contributed by atoms with Crippen LogP contribution in [0.2, 0.25) is 0 Å². The number of hydrazine groups is 1. The predicted octanol–water partition coefficient (Wildman–Crippen LogP) is 1.83. The topological polar surface area (TPSA) is 83.1 Å². The summed E-state index contributed by atoms with van der Waals surface area (Å²) in [7, 11) is 0. The number of carbonyl (C=O) groups excluding carboxylic acids is 2. The minimum Gasteiger partial charge on any atom is -0.350 e. The van der Waals surface area contributed by atoms with Crippen molar-refractivity contribution in [3.8, 4) is 10.6 Å². The summed E-state index contributed by atoms with van der Waals surface area (Å²) in [6.45, 7) is 4.47. The van der Waals surface area contributed by atoms with Crippen LogP contribution in [-0.2, 0) is 16.1 Å². The average Bonchev–Trinajstić information content (AvgIpc) is 2.94. The first-order valence-electron chi connectivity index (χ1n) is 7.89. The fraction of sp³-hybridized carbons (Fsp3) is 0.353. The first-order valence-corrected chi connectivity index (χ1v) is 8.70. The average molecular weight is 344 g/mol. The first kappa shape index (κ1) is 16.6. The van der Waals surface area contributed by atoms with Crippen LogP contribution < -0.4 is 16.2 Å². The van der Waals surface area contributed by atoms with E-state index in [4.69, 9.17) is 0 Å². The Labute approximate surface area is 144 Å². The number of nitrogens with one attached hydrogen (secondary N) is 3. The molecule has 1 aliphatic rings. The van der Waals surface area contributed by atoms with Crippen LogP contribution in [0.15, 0.2) is 24.3 Å². The van der Waals surface area contributed by atoms with Gasteiger partial charge in [0.05, 0.1) is 12.2 Å². The van der Waals surface area contributed by atoms with Crippen molar-refractivity contribution in [2.24, 2.45) is 0 Å². The lowest BCUT2D eigenvalue weighted by atomic mass is 10.1. The van der Waals surface area contributed by atoms with Gasteiger partial charge in [-0.05, 0) is 25.8 Å². The Morgan fingerprint density at radius 3 is 2.88 bits per heavy atom. The van der Waals surface area contributed by atoms with E-state index in [0.717, 1.165) is 21.1 Å². The molecule has 6 nitrogen and oxygen atoms in total. The summed E-state index contributed by atoms with van der Waals surface area (Å²) < 4.78 is 0. The molecule has 2 amide bonds. The van der Waals surface area contributed by atoms with Crippen molar-refractivity contribution >= 4 is 23.2 Å². The monoisotopic (exact) mass is 344 g/mol. The number of benzene rings is 1. The molecular formula is C17H20N4O2S. The number of thiazole rings is 1. The van der Waals surface area contributed by atoms with Gasteiger partial charge in [-0.2, -0.15) is 0 Å². The lowest BCUT2D eigenvalue weighted by Crippen LogP contribution is -2.55. The molecule has 1 fully saturated rings. The van der Waals surface area contributed by atoms with Crippen molar-refractivity contribution in [3.63, 3.8) is 0 Å². The van der Waals surface area contributed by atoms with Gasteiger partial charge in [0.1, 0.15) is 11.0 Å². The zero-order chi connectivity index (χ0) is 17.1. The maximum absolute atomic E-state index is 12.2. The van der Waals surface area contributed by atoms with E-state index in [2.05, 4.69) is 40.2 Å². The third kappa shape index (κ3) is 3.63. The molecule has 1 saturated heterocycles. The molecule has 1 atom stereocenters. The van der Waals surface area contributed by atoms with E-state index in [-0.39, 0.29) is 17.9 Å². The van der Waals surface area contributed by atoms with E-state index >= 15 is 0 Å². The fourth-order valence-corrected chi connectivity index (χ4v) is 3.68. The van der Waals surface area contributed by atoms with Crippen LogP contribution in [-0.4, -0.2) is 22.8 Å². The molecule has 1 aliphatic heterocycles. The van der Waals surface area contributed by atoms with Crippen molar-refractivity contribution in [2.45, 2.75) is 39.3 Å². The van der Waals surface area contributed by atoms with E-state index < -0.39 is 0 Å². The van der Waals surface area contributed by atoms with Crippen molar-refractivity contribution < 1.29 is 9.59 Å². The van der Waals surface area contributed by atoms with E-state index in [0.29, 0.717) is 19.4 Å². The molecule has 0 spiro atoms. The molecular weight excluding hydrogens is 324 g/mol. The Morgan fingerprint density at radius 2 is 2.17 bits per heavy atom. The predicted molar refractivity (Wildman–Crippen MR) is 93.2 cm³/mol. The largest absolute Gasteiger partial charge is 0.350 e. The first-order chi connectivity index (χ1) is 11.5. The van der Waals surface area contributed by atoms with Gasteiger partial charge in [0.25, 0.3) is 0 Å². The third-order valence-corrected chi connectivity index (χ3v) is 5.24. The van der Waals surface area contributed by atoms with Gasteiger partial charge in [0, 0.05) is 16.9 Å². The normalized spacial score (nSPS) is 17.4. The van der Waals surface area contributed by atoms with Crippen LogP contribution in [0, 0.1) is 13.8 Å². The Morgan fingerprint density at radius 1 is 1.38 bits per heavy atom. The van der Waals surface area contributed by atoms with Crippen LogP contribution in [0.3, 0.4) is 0 Å². The van der Waals surface area contributed by atoms with Gasteiger partial charge in [0.2, 0.25) is 11.8 Å². The van der Waals surface area contributed by atoms with Crippen LogP contribution in [0.25, 0.3) is 10.6 Å². The zero-order valence-corrected chi connectivity index (χ0v) is 14.5. The number of aromatic nitrogens is 1. The molecule has 126 valence electrons. The highest BCUT2D eigenvalue weighted by molar-refractivity contribution is 7.15. The van der Waals surface area contributed by atoms with Gasteiger partial charge >= 0.3 is 0 Å². The van der Waals surface area contributed by atoms with Crippen LogP contribution >= 0.6 is 11.3 Å². The van der Waals surface area contributed by atoms with Gasteiger partial charge < -0.3 is 5.32 Å². The quantitative estimate of drug-likeness (QED) is 0.790. The van der Waals surface area contributed by atoms with E-state index in [9.17, 15) is 9.59 Å². The Hall–Kier alpha value is -2.25. The second-order valence-electron chi connectivity index (χ2n) is 5.84. The smallest absolute Gasteiger partial charge is 0.239 e. The highest BCUT2D eigenvalue weighted by Gasteiger charge is 2.24. The molecule has 0 saturated carbocycles. The van der Waals surface area contributed by atoms with E-state index in [1.54, 1.807) is 11.3 Å². The summed E-state index contributed by atoms with van der Waals surface area (Å²) in [6, 6.07) is 7.76. The number of hydrogen-bond donors (Lipinski definition) is 3. The fourth-order valence-electron chi connectivity index (χ4n) is 2.59. The summed E-state index contributed by atoms with van der Waals surface area (Å²) in [5, 5.41) is 3.89. The molecule has 3 rings (SSSR count). The Balaban J connectivity index is 1.65.